The average molecular weight is 277 g/mol. The van der Waals surface area contributed by atoms with Crippen molar-refractivity contribution in [1.29, 1.82) is 0 Å². The molecule has 1 aromatic carbocycles. The van der Waals surface area contributed by atoms with Crippen molar-refractivity contribution in [3.05, 3.63) is 30.3 Å². The predicted molar refractivity (Wildman–Crippen MR) is 78.1 cm³/mol. The highest BCUT2D eigenvalue weighted by molar-refractivity contribution is 5.88. The van der Waals surface area contributed by atoms with Crippen LogP contribution in [0.4, 0.5) is 10.2 Å². The molecule has 1 aromatic heterocycles. The van der Waals surface area contributed by atoms with Gasteiger partial charge in [0.05, 0.1) is 5.52 Å². The summed E-state index contributed by atoms with van der Waals surface area (Å²) in [7, 11) is 0. The van der Waals surface area contributed by atoms with Crippen molar-refractivity contribution in [2.75, 3.05) is 11.9 Å². The fourth-order valence-electron chi connectivity index (χ4n) is 2.23. The van der Waals surface area contributed by atoms with E-state index in [1.165, 1.54) is 18.5 Å². The van der Waals surface area contributed by atoms with Gasteiger partial charge in [-0.2, -0.15) is 0 Å². The first-order valence-electron chi connectivity index (χ1n) is 6.91. The lowest BCUT2D eigenvalue weighted by molar-refractivity contribution is 0.224. The van der Waals surface area contributed by atoms with E-state index >= 15 is 0 Å². The van der Waals surface area contributed by atoms with Crippen molar-refractivity contribution in [3.8, 4) is 0 Å². The molecular weight excluding hydrogens is 257 g/mol. The average Bonchev–Trinajstić information content (AvgIpc) is 2.46. The molecule has 4 nitrogen and oxygen atoms in total. The molecule has 1 heterocycles. The standard InChI is InChI=1S/C15H20FN3O/c1-3-12(6-10(2)8-20)19-15-13-7-11(16)4-5-14(13)17-9-18-15/h4-5,7,9-10,12,20H,3,6,8H2,1-2H3,(H,17,18,19). The monoisotopic (exact) mass is 277 g/mol. The molecule has 108 valence electrons. The second-order valence-corrected chi connectivity index (χ2v) is 5.16. The third kappa shape index (κ3) is 3.42. The fraction of sp³-hybridized carbons (Fsp3) is 0.467. The fourth-order valence-corrected chi connectivity index (χ4v) is 2.23. The van der Waals surface area contributed by atoms with Crippen LogP contribution in [0.3, 0.4) is 0 Å². The molecule has 2 aromatic rings. The number of aliphatic hydroxyl groups is 1. The van der Waals surface area contributed by atoms with Gasteiger partial charge in [0, 0.05) is 18.0 Å². The van der Waals surface area contributed by atoms with Gasteiger partial charge in [-0.15, -0.1) is 0 Å². The Labute approximate surface area is 118 Å². The van der Waals surface area contributed by atoms with Crippen LogP contribution in [-0.4, -0.2) is 27.7 Å². The maximum absolute atomic E-state index is 13.4. The van der Waals surface area contributed by atoms with Crippen molar-refractivity contribution in [3.63, 3.8) is 0 Å². The van der Waals surface area contributed by atoms with Crippen molar-refractivity contribution in [2.45, 2.75) is 32.7 Å². The number of anilines is 1. The van der Waals surface area contributed by atoms with Crippen LogP contribution >= 0.6 is 0 Å². The molecule has 0 bridgehead atoms. The van der Waals surface area contributed by atoms with Gasteiger partial charge in [0.25, 0.3) is 0 Å². The molecule has 0 amide bonds. The van der Waals surface area contributed by atoms with Gasteiger partial charge in [-0.25, -0.2) is 14.4 Å². The van der Waals surface area contributed by atoms with Crippen molar-refractivity contribution in [2.24, 2.45) is 5.92 Å². The molecule has 0 aliphatic heterocycles. The predicted octanol–water partition coefficient (Wildman–Crippen LogP) is 2.98. The summed E-state index contributed by atoms with van der Waals surface area (Å²) in [5.74, 6) is 0.566. The van der Waals surface area contributed by atoms with Gasteiger partial charge in [0.2, 0.25) is 0 Å². The zero-order valence-electron chi connectivity index (χ0n) is 11.8. The Morgan fingerprint density at radius 2 is 2.15 bits per heavy atom. The van der Waals surface area contributed by atoms with Crippen molar-refractivity contribution in [1.82, 2.24) is 9.97 Å². The first-order chi connectivity index (χ1) is 9.63. The minimum absolute atomic E-state index is 0.164. The molecule has 0 spiro atoms. The normalized spacial score (nSPS) is 14.2. The Balaban J connectivity index is 2.25. The molecule has 0 saturated heterocycles. The summed E-state index contributed by atoms with van der Waals surface area (Å²) in [6.45, 7) is 4.24. The molecule has 2 unspecified atom stereocenters. The second-order valence-electron chi connectivity index (χ2n) is 5.16. The molecule has 0 radical (unpaired) electrons. The Morgan fingerprint density at radius 3 is 2.85 bits per heavy atom. The molecule has 0 aliphatic rings. The molecule has 2 atom stereocenters. The van der Waals surface area contributed by atoms with Crippen molar-refractivity contribution >= 4 is 16.7 Å². The highest BCUT2D eigenvalue weighted by Gasteiger charge is 2.13. The molecule has 20 heavy (non-hydrogen) atoms. The highest BCUT2D eigenvalue weighted by atomic mass is 19.1. The molecule has 2 N–H and O–H groups in total. The van der Waals surface area contributed by atoms with E-state index in [-0.39, 0.29) is 24.4 Å². The van der Waals surface area contributed by atoms with Crippen LogP contribution in [0, 0.1) is 11.7 Å². The minimum atomic E-state index is -0.299. The summed E-state index contributed by atoms with van der Waals surface area (Å²) in [6.07, 6.45) is 3.23. The van der Waals surface area contributed by atoms with Gasteiger partial charge >= 0.3 is 0 Å². The number of nitrogens with one attached hydrogen (secondary N) is 1. The summed E-state index contributed by atoms with van der Waals surface area (Å²) in [6, 6.07) is 4.68. The summed E-state index contributed by atoms with van der Waals surface area (Å²) >= 11 is 0. The number of aliphatic hydroxyl groups excluding tert-OH is 1. The van der Waals surface area contributed by atoms with Crippen molar-refractivity contribution < 1.29 is 9.50 Å². The van der Waals surface area contributed by atoms with Crippen LogP contribution in [-0.2, 0) is 0 Å². The van der Waals surface area contributed by atoms with Gasteiger partial charge in [-0.3, -0.25) is 0 Å². The molecule has 5 heteroatoms. The third-order valence-corrected chi connectivity index (χ3v) is 3.43. The van der Waals surface area contributed by atoms with E-state index in [0.29, 0.717) is 16.7 Å². The van der Waals surface area contributed by atoms with Crippen LogP contribution in [0.5, 0.6) is 0 Å². The number of halogens is 1. The number of fused-ring (bicyclic) bond motifs is 1. The van der Waals surface area contributed by atoms with E-state index in [2.05, 4.69) is 22.2 Å². The Morgan fingerprint density at radius 1 is 1.35 bits per heavy atom. The minimum Gasteiger partial charge on any atom is -0.396 e. The number of rotatable bonds is 6. The number of aromatic nitrogens is 2. The topological polar surface area (TPSA) is 58.0 Å². The zero-order valence-corrected chi connectivity index (χ0v) is 11.8. The number of nitrogens with zero attached hydrogens (tertiary/aromatic N) is 2. The van der Waals surface area contributed by atoms with Crippen LogP contribution in [0.2, 0.25) is 0 Å². The Kier molecular flexibility index (Phi) is 4.84. The van der Waals surface area contributed by atoms with E-state index in [9.17, 15) is 4.39 Å². The summed E-state index contributed by atoms with van der Waals surface area (Å²) in [5.41, 5.74) is 0.717. The van der Waals surface area contributed by atoms with E-state index < -0.39 is 0 Å². The van der Waals surface area contributed by atoms with Gasteiger partial charge in [0.15, 0.2) is 0 Å². The summed E-state index contributed by atoms with van der Waals surface area (Å²) < 4.78 is 13.4. The largest absolute Gasteiger partial charge is 0.396 e. The van der Waals surface area contributed by atoms with Crippen LogP contribution in [0.25, 0.3) is 10.9 Å². The smallest absolute Gasteiger partial charge is 0.137 e. The number of benzene rings is 1. The molecule has 2 rings (SSSR count). The quantitative estimate of drug-likeness (QED) is 0.852. The molecular formula is C15H20FN3O. The maximum atomic E-state index is 13.4. The van der Waals surface area contributed by atoms with E-state index in [4.69, 9.17) is 5.11 Å². The Hall–Kier alpha value is -1.75. The van der Waals surface area contributed by atoms with Gasteiger partial charge < -0.3 is 10.4 Å². The third-order valence-electron chi connectivity index (χ3n) is 3.43. The number of hydrogen-bond acceptors (Lipinski definition) is 4. The van der Waals surface area contributed by atoms with Gasteiger partial charge in [0.1, 0.15) is 18.0 Å². The van der Waals surface area contributed by atoms with E-state index in [1.807, 2.05) is 6.92 Å². The summed E-state index contributed by atoms with van der Waals surface area (Å²) in [5, 5.41) is 13.2. The highest BCUT2D eigenvalue weighted by Crippen LogP contribution is 2.22. The molecule has 0 fully saturated rings. The molecule has 0 saturated carbocycles. The van der Waals surface area contributed by atoms with Crippen LogP contribution < -0.4 is 5.32 Å². The lowest BCUT2D eigenvalue weighted by atomic mass is 10.0. The first kappa shape index (κ1) is 14.7. The van der Waals surface area contributed by atoms with Gasteiger partial charge in [-0.05, 0) is 37.0 Å². The van der Waals surface area contributed by atoms with E-state index in [0.717, 1.165) is 12.8 Å². The lowest BCUT2D eigenvalue weighted by Crippen LogP contribution is -2.23. The van der Waals surface area contributed by atoms with Crippen LogP contribution in [0.15, 0.2) is 24.5 Å². The second kappa shape index (κ2) is 6.61. The Bertz CT molecular complexity index is 576. The zero-order chi connectivity index (χ0) is 14.5. The lowest BCUT2D eigenvalue weighted by Gasteiger charge is -2.21. The SMILES string of the molecule is CCC(CC(C)CO)Nc1ncnc2ccc(F)cc12. The first-order valence-corrected chi connectivity index (χ1v) is 6.91. The molecule has 0 aliphatic carbocycles. The van der Waals surface area contributed by atoms with Crippen LogP contribution in [0.1, 0.15) is 26.7 Å². The van der Waals surface area contributed by atoms with Gasteiger partial charge in [-0.1, -0.05) is 13.8 Å². The maximum Gasteiger partial charge on any atom is 0.137 e. The number of hydrogen-bond donors (Lipinski definition) is 2. The van der Waals surface area contributed by atoms with E-state index in [1.54, 1.807) is 6.07 Å². The summed E-state index contributed by atoms with van der Waals surface area (Å²) in [4.78, 5) is 8.35.